The van der Waals surface area contributed by atoms with Gasteiger partial charge in [-0.25, -0.2) is 4.79 Å². The Morgan fingerprint density at radius 3 is 2.62 bits per heavy atom. The molecule has 3 aromatic rings. The summed E-state index contributed by atoms with van der Waals surface area (Å²) < 4.78 is 39.5. The van der Waals surface area contributed by atoms with E-state index in [-0.39, 0.29) is 46.1 Å². The summed E-state index contributed by atoms with van der Waals surface area (Å²) >= 11 is 0. The second-order valence-corrected chi connectivity index (χ2v) is 9.59. The Balaban J connectivity index is 1.83. The molecule has 1 atom stereocenters. The summed E-state index contributed by atoms with van der Waals surface area (Å²) in [7, 11) is 0. The molecule has 0 spiro atoms. The highest BCUT2D eigenvalue weighted by molar-refractivity contribution is 5.89. The number of nitrogens with zero attached hydrogens (tertiary/aromatic N) is 3. The van der Waals surface area contributed by atoms with E-state index in [0.717, 1.165) is 0 Å². The summed E-state index contributed by atoms with van der Waals surface area (Å²) in [6.45, 7) is 7.11. The lowest BCUT2D eigenvalue weighted by atomic mass is 9.82. The molecule has 1 aromatic carbocycles. The van der Waals surface area contributed by atoms with E-state index < -0.39 is 23.9 Å². The number of aromatic nitrogens is 3. The number of halogens is 2. The molecule has 0 fully saturated rings. The van der Waals surface area contributed by atoms with E-state index in [0.29, 0.717) is 23.2 Å². The van der Waals surface area contributed by atoms with Gasteiger partial charge in [0.25, 0.3) is 0 Å². The summed E-state index contributed by atoms with van der Waals surface area (Å²) in [4.78, 5) is 24.2. The fraction of sp³-hybridized carbons (Fsp3) is 0.400. The first-order chi connectivity index (χ1) is 16.0. The number of alkyl halides is 2. The summed E-state index contributed by atoms with van der Waals surface area (Å²) in [5, 5.41) is 14.0. The van der Waals surface area contributed by atoms with Crippen molar-refractivity contribution in [2.75, 3.05) is 6.61 Å². The van der Waals surface area contributed by atoms with Crippen LogP contribution < -0.4 is 10.2 Å². The molecule has 0 aliphatic carbocycles. The molecule has 1 N–H and O–H groups in total. The molecule has 5 rings (SSSR count). The van der Waals surface area contributed by atoms with Gasteiger partial charge in [-0.15, -0.1) is 0 Å². The van der Waals surface area contributed by atoms with Crippen molar-refractivity contribution in [3.63, 3.8) is 0 Å². The first-order valence-corrected chi connectivity index (χ1v) is 11.3. The molecule has 178 valence electrons. The quantitative estimate of drug-likeness (QED) is 0.588. The molecule has 2 aliphatic heterocycles. The normalized spacial score (nSPS) is 17.9. The minimum absolute atomic E-state index is 0.0575. The lowest BCUT2D eigenvalue weighted by molar-refractivity contribution is -0.0210. The minimum atomic E-state index is -3.27. The third kappa shape index (κ3) is 3.25. The molecule has 1 unspecified atom stereocenters. The maximum atomic E-state index is 15.3. The maximum absolute atomic E-state index is 15.3. The molecule has 4 heterocycles. The van der Waals surface area contributed by atoms with E-state index in [1.165, 1.54) is 12.3 Å². The monoisotopic (exact) mass is 469 g/mol. The topological polar surface area (TPSA) is 86.4 Å². The van der Waals surface area contributed by atoms with Crippen LogP contribution >= 0.6 is 0 Å². The smallest absolute Gasteiger partial charge is 0.341 e. The van der Waals surface area contributed by atoms with E-state index in [2.05, 4.69) is 5.10 Å². The van der Waals surface area contributed by atoms with Crippen molar-refractivity contribution >= 4 is 5.97 Å². The zero-order chi connectivity index (χ0) is 24.5. The Hall–Kier alpha value is -3.49. The number of carbonyl (C=O) groups is 1. The Bertz CT molecular complexity index is 1390. The van der Waals surface area contributed by atoms with Gasteiger partial charge in [0.15, 0.2) is 12.0 Å². The van der Waals surface area contributed by atoms with E-state index in [1.807, 2.05) is 33.8 Å². The number of aromatic carboxylic acids is 1. The Morgan fingerprint density at radius 2 is 2.00 bits per heavy atom. The van der Waals surface area contributed by atoms with E-state index in [9.17, 15) is 14.7 Å². The number of carboxylic acids is 1. The molecule has 2 aromatic heterocycles. The van der Waals surface area contributed by atoms with Crippen LogP contribution in [0.3, 0.4) is 0 Å². The third-order valence-corrected chi connectivity index (χ3v) is 6.66. The average Bonchev–Trinajstić information content (AvgIpc) is 3.37. The predicted molar refractivity (Wildman–Crippen MR) is 122 cm³/mol. The second kappa shape index (κ2) is 7.51. The number of hydrogen-bond donors (Lipinski definition) is 1. The van der Waals surface area contributed by atoms with E-state index in [4.69, 9.17) is 4.74 Å². The van der Waals surface area contributed by atoms with Gasteiger partial charge in [-0.3, -0.25) is 9.48 Å². The molecule has 7 nitrogen and oxygen atoms in total. The fourth-order valence-electron chi connectivity index (χ4n) is 4.93. The summed E-state index contributed by atoms with van der Waals surface area (Å²) in [5.41, 5.74) is 0.863. The van der Waals surface area contributed by atoms with Crippen molar-refractivity contribution in [3.05, 3.63) is 57.5 Å². The lowest BCUT2D eigenvalue weighted by Gasteiger charge is -2.35. The number of ether oxygens (including phenoxy) is 1. The van der Waals surface area contributed by atoms with Crippen LogP contribution in [0.5, 0.6) is 5.75 Å². The van der Waals surface area contributed by atoms with Crippen LogP contribution in [-0.2, 0) is 12.3 Å². The van der Waals surface area contributed by atoms with Crippen LogP contribution in [0.1, 0.15) is 61.3 Å². The van der Waals surface area contributed by atoms with Gasteiger partial charge in [-0.2, -0.15) is 13.9 Å². The van der Waals surface area contributed by atoms with Crippen molar-refractivity contribution in [1.82, 2.24) is 14.3 Å². The Labute approximate surface area is 194 Å². The number of carboxylic acid groups (broad SMARTS) is 1. The van der Waals surface area contributed by atoms with Gasteiger partial charge in [-0.05, 0) is 43.9 Å². The van der Waals surface area contributed by atoms with Crippen molar-refractivity contribution < 1.29 is 23.4 Å². The second-order valence-electron chi connectivity index (χ2n) is 9.59. The van der Waals surface area contributed by atoms with Crippen LogP contribution in [0.2, 0.25) is 0 Å². The van der Waals surface area contributed by atoms with Gasteiger partial charge < -0.3 is 14.4 Å². The zero-order valence-corrected chi connectivity index (χ0v) is 19.3. The van der Waals surface area contributed by atoms with Crippen LogP contribution in [-0.4, -0.2) is 32.0 Å². The van der Waals surface area contributed by atoms with Crippen LogP contribution in [0.15, 0.2) is 35.4 Å². The molecule has 2 aliphatic rings. The molecule has 0 bridgehead atoms. The fourth-order valence-corrected chi connectivity index (χ4v) is 4.93. The molecule has 34 heavy (non-hydrogen) atoms. The van der Waals surface area contributed by atoms with E-state index in [1.54, 1.807) is 21.5 Å². The summed E-state index contributed by atoms with van der Waals surface area (Å²) in [6, 6.07) is 4.67. The first kappa shape index (κ1) is 22.3. The largest absolute Gasteiger partial charge is 0.486 e. The molecule has 0 radical (unpaired) electrons. The van der Waals surface area contributed by atoms with Crippen molar-refractivity contribution in [2.45, 2.75) is 52.1 Å². The predicted octanol–water partition coefficient (Wildman–Crippen LogP) is 4.90. The van der Waals surface area contributed by atoms with E-state index >= 15 is 8.78 Å². The minimum Gasteiger partial charge on any atom is -0.486 e. The first-order valence-electron chi connectivity index (χ1n) is 11.3. The highest BCUT2D eigenvalue weighted by atomic mass is 19.3. The standard InChI is InChI=1S/C25H25F2N3O4/c1-12(2)18-8-14-7-15(17-5-6-30(28-17)13(3)4)23-22(25(26,27)11-34-23)21(14)19-9-20(31)16(24(32)33)10-29(18)19/h5-7,9-10,12-13,18H,8,11H2,1-4H3,(H,32,33). The Kier molecular flexibility index (Phi) is 4.93. The van der Waals surface area contributed by atoms with Crippen molar-refractivity contribution in [3.8, 4) is 28.3 Å². The van der Waals surface area contributed by atoms with Gasteiger partial charge in [-0.1, -0.05) is 13.8 Å². The van der Waals surface area contributed by atoms with Crippen molar-refractivity contribution in [2.24, 2.45) is 5.92 Å². The highest BCUT2D eigenvalue weighted by Gasteiger charge is 2.48. The van der Waals surface area contributed by atoms with Crippen LogP contribution in [0, 0.1) is 5.92 Å². The SMILES string of the molecule is CC(C)C1Cc2cc(-c3ccn(C(C)C)n3)c3c(c2-c2cc(=O)c(C(=O)O)cn21)C(F)(F)CO3. The Morgan fingerprint density at radius 1 is 1.26 bits per heavy atom. The molecular formula is C25H25F2N3O4. The number of benzene rings is 1. The molecule has 0 saturated heterocycles. The molecule has 9 heteroatoms. The number of pyridine rings is 1. The van der Waals surface area contributed by atoms with Gasteiger partial charge in [0.05, 0.1) is 17.0 Å². The number of hydrogen-bond acceptors (Lipinski definition) is 4. The van der Waals surface area contributed by atoms with Gasteiger partial charge in [0, 0.05) is 41.7 Å². The zero-order valence-electron chi connectivity index (χ0n) is 19.3. The van der Waals surface area contributed by atoms with Gasteiger partial charge in [0.1, 0.15) is 11.3 Å². The average molecular weight is 469 g/mol. The highest BCUT2D eigenvalue weighted by Crippen LogP contribution is 2.54. The summed E-state index contributed by atoms with van der Waals surface area (Å²) in [6.07, 6.45) is 3.49. The van der Waals surface area contributed by atoms with Crippen molar-refractivity contribution in [1.29, 1.82) is 0 Å². The maximum Gasteiger partial charge on any atom is 0.341 e. The van der Waals surface area contributed by atoms with Gasteiger partial charge in [0.2, 0.25) is 0 Å². The lowest BCUT2D eigenvalue weighted by Crippen LogP contribution is -2.29. The molecule has 0 saturated carbocycles. The van der Waals surface area contributed by atoms with Gasteiger partial charge >= 0.3 is 11.9 Å². The van der Waals surface area contributed by atoms with Crippen LogP contribution in [0.25, 0.3) is 22.5 Å². The van der Waals surface area contributed by atoms with Crippen LogP contribution in [0.4, 0.5) is 8.78 Å². The summed E-state index contributed by atoms with van der Waals surface area (Å²) in [5.74, 6) is -4.50. The number of rotatable bonds is 4. The third-order valence-electron chi connectivity index (χ3n) is 6.66. The molecular weight excluding hydrogens is 444 g/mol. The number of fused-ring (bicyclic) bond motifs is 5. The molecule has 0 amide bonds.